The Morgan fingerprint density at radius 3 is 2.63 bits per heavy atom. The second-order valence-electron chi connectivity index (χ2n) is 6.98. The van der Waals surface area contributed by atoms with Crippen LogP contribution in [0.3, 0.4) is 0 Å². The SMILES string of the molecule is COCO[C@@H]1[C@H](C(C)C)CC[C@@H](C)[C@@]12C=C(C)CC2. The summed E-state index contributed by atoms with van der Waals surface area (Å²) >= 11 is 0. The van der Waals surface area contributed by atoms with Crippen LogP contribution in [0.15, 0.2) is 11.6 Å². The monoisotopic (exact) mass is 266 g/mol. The third-order valence-corrected chi connectivity index (χ3v) is 5.46. The van der Waals surface area contributed by atoms with Crippen molar-refractivity contribution >= 4 is 0 Å². The molecule has 2 rings (SSSR count). The molecule has 0 aliphatic heterocycles. The van der Waals surface area contributed by atoms with Crippen molar-refractivity contribution < 1.29 is 9.47 Å². The minimum absolute atomic E-state index is 0.260. The lowest BCUT2D eigenvalue weighted by atomic mass is 9.59. The molecule has 0 N–H and O–H groups in total. The van der Waals surface area contributed by atoms with E-state index in [0.29, 0.717) is 24.7 Å². The maximum atomic E-state index is 6.20. The molecule has 0 amide bonds. The summed E-state index contributed by atoms with van der Waals surface area (Å²) < 4.78 is 11.4. The van der Waals surface area contributed by atoms with Gasteiger partial charge >= 0.3 is 0 Å². The predicted octanol–water partition coefficient (Wildman–Crippen LogP) is 4.40. The lowest BCUT2D eigenvalue weighted by Crippen LogP contribution is -2.49. The largest absolute Gasteiger partial charge is 0.359 e. The van der Waals surface area contributed by atoms with Gasteiger partial charge in [0, 0.05) is 12.5 Å². The zero-order valence-electron chi connectivity index (χ0n) is 13.2. The summed E-state index contributed by atoms with van der Waals surface area (Å²) in [6, 6.07) is 0. The summed E-state index contributed by atoms with van der Waals surface area (Å²) in [6.07, 6.45) is 7.99. The summed E-state index contributed by atoms with van der Waals surface area (Å²) in [7, 11) is 1.72. The Bertz CT molecular complexity index is 334. The second kappa shape index (κ2) is 5.97. The maximum absolute atomic E-state index is 6.20. The lowest BCUT2D eigenvalue weighted by Gasteiger charge is -2.50. The van der Waals surface area contributed by atoms with Gasteiger partial charge in [-0.2, -0.15) is 0 Å². The first-order chi connectivity index (χ1) is 9.01. The highest BCUT2D eigenvalue weighted by molar-refractivity contribution is 5.21. The summed E-state index contributed by atoms with van der Waals surface area (Å²) in [5, 5.41) is 0. The minimum Gasteiger partial charge on any atom is -0.359 e. The molecule has 2 nitrogen and oxygen atoms in total. The number of rotatable bonds is 4. The molecular formula is C17H30O2. The first kappa shape index (κ1) is 15.1. The average Bonchev–Trinajstić information content (AvgIpc) is 2.74. The Balaban J connectivity index is 2.29. The van der Waals surface area contributed by atoms with Gasteiger partial charge < -0.3 is 9.47 Å². The fourth-order valence-electron chi connectivity index (χ4n) is 4.27. The van der Waals surface area contributed by atoms with Crippen molar-refractivity contribution in [3.8, 4) is 0 Å². The number of methoxy groups -OCH3 is 1. The van der Waals surface area contributed by atoms with Gasteiger partial charge in [0.1, 0.15) is 6.79 Å². The highest BCUT2D eigenvalue weighted by atomic mass is 16.7. The zero-order valence-corrected chi connectivity index (χ0v) is 13.2. The van der Waals surface area contributed by atoms with E-state index in [9.17, 15) is 0 Å². The van der Waals surface area contributed by atoms with Gasteiger partial charge in [-0.15, -0.1) is 0 Å². The van der Waals surface area contributed by atoms with E-state index in [-0.39, 0.29) is 5.41 Å². The van der Waals surface area contributed by atoms with Crippen LogP contribution in [-0.4, -0.2) is 20.0 Å². The third-order valence-electron chi connectivity index (χ3n) is 5.46. The predicted molar refractivity (Wildman–Crippen MR) is 78.9 cm³/mol. The molecule has 0 aromatic rings. The Labute approximate surface area is 118 Å². The van der Waals surface area contributed by atoms with Gasteiger partial charge in [0.15, 0.2) is 0 Å². The van der Waals surface area contributed by atoms with E-state index >= 15 is 0 Å². The van der Waals surface area contributed by atoms with Crippen molar-refractivity contribution in [3.05, 3.63) is 11.6 Å². The molecule has 4 atom stereocenters. The van der Waals surface area contributed by atoms with Gasteiger partial charge in [-0.1, -0.05) is 32.4 Å². The van der Waals surface area contributed by atoms with Crippen molar-refractivity contribution in [2.45, 2.75) is 59.5 Å². The van der Waals surface area contributed by atoms with E-state index in [0.717, 1.165) is 5.92 Å². The van der Waals surface area contributed by atoms with Crippen LogP contribution in [0.25, 0.3) is 0 Å². The summed E-state index contributed by atoms with van der Waals surface area (Å²) in [4.78, 5) is 0. The Kier molecular flexibility index (Phi) is 4.73. The Morgan fingerprint density at radius 1 is 1.37 bits per heavy atom. The van der Waals surface area contributed by atoms with Crippen LogP contribution in [0.4, 0.5) is 0 Å². The molecule has 0 heterocycles. The standard InChI is InChI=1S/C17H30O2/c1-12(2)15-7-6-14(4)17(9-8-13(3)10-17)16(15)19-11-18-5/h10,12,14-16H,6-9,11H2,1-5H3/t14-,15+,16-,17-/m1/s1. The topological polar surface area (TPSA) is 18.5 Å². The molecule has 0 bridgehead atoms. The van der Waals surface area contributed by atoms with Gasteiger partial charge in [0.2, 0.25) is 0 Å². The minimum atomic E-state index is 0.260. The van der Waals surface area contributed by atoms with Crippen molar-refractivity contribution in [2.75, 3.05) is 13.9 Å². The second-order valence-corrected chi connectivity index (χ2v) is 6.98. The molecule has 1 saturated carbocycles. The first-order valence-electron chi connectivity index (χ1n) is 7.80. The van der Waals surface area contributed by atoms with Gasteiger partial charge in [-0.05, 0) is 50.4 Å². The summed E-state index contributed by atoms with van der Waals surface area (Å²) in [5.41, 5.74) is 1.80. The molecule has 0 saturated heterocycles. The molecule has 0 aromatic heterocycles. The van der Waals surface area contributed by atoms with E-state index in [2.05, 4.69) is 33.8 Å². The van der Waals surface area contributed by atoms with E-state index in [1.54, 1.807) is 12.7 Å². The molecule has 110 valence electrons. The molecular weight excluding hydrogens is 236 g/mol. The van der Waals surface area contributed by atoms with Crippen LogP contribution in [0.1, 0.15) is 53.4 Å². The normalized spacial score (nSPS) is 39.1. The fourth-order valence-corrected chi connectivity index (χ4v) is 4.27. The van der Waals surface area contributed by atoms with Crippen LogP contribution < -0.4 is 0 Å². The van der Waals surface area contributed by atoms with Gasteiger partial charge in [-0.25, -0.2) is 0 Å². The number of hydrogen-bond donors (Lipinski definition) is 0. The van der Waals surface area contributed by atoms with Crippen LogP contribution in [0, 0.1) is 23.2 Å². The van der Waals surface area contributed by atoms with Crippen LogP contribution in [-0.2, 0) is 9.47 Å². The first-order valence-corrected chi connectivity index (χ1v) is 7.80. The molecule has 0 aromatic carbocycles. The van der Waals surface area contributed by atoms with E-state index in [4.69, 9.17) is 9.47 Å². The maximum Gasteiger partial charge on any atom is 0.146 e. The zero-order chi connectivity index (χ0) is 14.0. The van der Waals surface area contributed by atoms with Crippen molar-refractivity contribution in [1.82, 2.24) is 0 Å². The number of allylic oxidation sites excluding steroid dienone is 1. The van der Waals surface area contributed by atoms with E-state index in [1.807, 2.05) is 0 Å². The van der Waals surface area contributed by atoms with Gasteiger partial charge in [0.05, 0.1) is 6.10 Å². The average molecular weight is 266 g/mol. The number of hydrogen-bond acceptors (Lipinski definition) is 2. The third kappa shape index (κ3) is 2.75. The van der Waals surface area contributed by atoms with Crippen molar-refractivity contribution in [2.24, 2.45) is 23.2 Å². The molecule has 2 aliphatic rings. The van der Waals surface area contributed by atoms with Crippen LogP contribution in [0.2, 0.25) is 0 Å². The van der Waals surface area contributed by atoms with Gasteiger partial charge in [0.25, 0.3) is 0 Å². The van der Waals surface area contributed by atoms with Crippen LogP contribution in [0.5, 0.6) is 0 Å². The van der Waals surface area contributed by atoms with Crippen molar-refractivity contribution in [1.29, 1.82) is 0 Å². The lowest BCUT2D eigenvalue weighted by molar-refractivity contribution is -0.164. The summed E-state index contributed by atoms with van der Waals surface area (Å²) in [5.74, 6) is 2.07. The molecule has 1 fully saturated rings. The van der Waals surface area contributed by atoms with Gasteiger partial charge in [-0.3, -0.25) is 0 Å². The number of ether oxygens (including phenoxy) is 2. The molecule has 0 unspecified atom stereocenters. The molecule has 2 aliphatic carbocycles. The van der Waals surface area contributed by atoms with Crippen LogP contribution >= 0.6 is 0 Å². The highest BCUT2D eigenvalue weighted by Crippen LogP contribution is 2.54. The molecule has 1 spiro atoms. The fraction of sp³-hybridized carbons (Fsp3) is 0.882. The van der Waals surface area contributed by atoms with E-state index in [1.165, 1.54) is 25.7 Å². The molecule has 2 heteroatoms. The quantitative estimate of drug-likeness (QED) is 0.554. The Morgan fingerprint density at radius 2 is 2.11 bits per heavy atom. The Hall–Kier alpha value is -0.340. The highest BCUT2D eigenvalue weighted by Gasteiger charge is 2.51. The smallest absolute Gasteiger partial charge is 0.146 e. The molecule has 19 heavy (non-hydrogen) atoms. The summed E-state index contributed by atoms with van der Waals surface area (Å²) in [6.45, 7) is 9.78. The van der Waals surface area contributed by atoms with Crippen molar-refractivity contribution in [3.63, 3.8) is 0 Å². The molecule has 0 radical (unpaired) electrons. The van der Waals surface area contributed by atoms with E-state index < -0.39 is 0 Å².